The summed E-state index contributed by atoms with van der Waals surface area (Å²) in [5, 5.41) is 13.6. The highest BCUT2D eigenvalue weighted by Gasteiger charge is 2.49. The molecular weight excluding hydrogens is 226 g/mol. The van der Waals surface area contributed by atoms with E-state index in [1.54, 1.807) is 10.9 Å². The molecule has 18 heavy (non-hydrogen) atoms. The van der Waals surface area contributed by atoms with E-state index in [-0.39, 0.29) is 11.2 Å². The van der Waals surface area contributed by atoms with Crippen LogP contribution in [0.5, 0.6) is 0 Å². The van der Waals surface area contributed by atoms with Crippen molar-refractivity contribution in [1.29, 1.82) is 5.26 Å². The first-order valence-corrected chi connectivity index (χ1v) is 6.33. The van der Waals surface area contributed by atoms with Crippen LogP contribution in [0.2, 0.25) is 0 Å². The highest BCUT2D eigenvalue weighted by molar-refractivity contribution is 5.93. The molecule has 4 nitrogen and oxygen atoms in total. The molecule has 4 heteroatoms. The molecule has 0 amide bonds. The number of ketones is 1. The molecule has 1 aliphatic rings. The second-order valence-corrected chi connectivity index (χ2v) is 5.96. The number of carbonyl (C=O) groups is 1. The summed E-state index contributed by atoms with van der Waals surface area (Å²) in [6, 6.07) is 2.29. The van der Waals surface area contributed by atoms with E-state index in [1.165, 1.54) is 0 Å². The summed E-state index contributed by atoms with van der Waals surface area (Å²) in [5.74, 6) is 0.0904. The zero-order valence-corrected chi connectivity index (χ0v) is 11.2. The maximum atomic E-state index is 12.6. The Morgan fingerprint density at radius 1 is 1.50 bits per heavy atom. The lowest BCUT2D eigenvalue weighted by atomic mass is 9.61. The minimum Gasteiger partial charge on any atom is -0.297 e. The van der Waals surface area contributed by atoms with Gasteiger partial charge in [-0.25, -0.2) is 0 Å². The number of rotatable bonds is 2. The third-order valence-electron chi connectivity index (χ3n) is 3.93. The van der Waals surface area contributed by atoms with Crippen molar-refractivity contribution in [3.63, 3.8) is 0 Å². The fourth-order valence-electron chi connectivity index (χ4n) is 2.93. The van der Waals surface area contributed by atoms with Crippen molar-refractivity contribution < 1.29 is 4.79 Å². The van der Waals surface area contributed by atoms with Gasteiger partial charge in [0.25, 0.3) is 0 Å². The smallest absolute Gasteiger partial charge is 0.158 e. The molecule has 0 N–H and O–H groups in total. The van der Waals surface area contributed by atoms with Crippen LogP contribution < -0.4 is 0 Å². The molecule has 2 rings (SSSR count). The number of carbonyl (C=O) groups excluding carboxylic acids is 1. The van der Waals surface area contributed by atoms with E-state index in [9.17, 15) is 10.1 Å². The predicted octanol–water partition coefficient (Wildman–Crippen LogP) is 2.25. The maximum absolute atomic E-state index is 12.6. The van der Waals surface area contributed by atoms with Crippen molar-refractivity contribution in [2.45, 2.75) is 39.5 Å². The lowest BCUT2D eigenvalue weighted by molar-refractivity contribution is -0.138. The van der Waals surface area contributed by atoms with Crippen LogP contribution in [0.3, 0.4) is 0 Å². The average Bonchev–Trinajstić information content (AvgIpc) is 2.71. The Morgan fingerprint density at radius 2 is 2.22 bits per heavy atom. The molecule has 1 saturated carbocycles. The number of hydrogen-bond donors (Lipinski definition) is 0. The van der Waals surface area contributed by atoms with E-state index in [2.05, 4.69) is 11.2 Å². The highest BCUT2D eigenvalue weighted by Crippen LogP contribution is 2.44. The second-order valence-electron chi connectivity index (χ2n) is 5.96. The van der Waals surface area contributed by atoms with Crippen molar-refractivity contribution in [1.82, 2.24) is 9.78 Å². The van der Waals surface area contributed by atoms with Gasteiger partial charge in [-0.15, -0.1) is 0 Å². The van der Waals surface area contributed by atoms with Crippen LogP contribution >= 0.6 is 0 Å². The van der Waals surface area contributed by atoms with Crippen LogP contribution in [0.4, 0.5) is 0 Å². The van der Waals surface area contributed by atoms with Gasteiger partial charge in [-0.2, -0.15) is 10.4 Å². The highest BCUT2D eigenvalue weighted by atomic mass is 16.1. The molecule has 0 saturated heterocycles. The Kier molecular flexibility index (Phi) is 3.02. The van der Waals surface area contributed by atoms with Crippen molar-refractivity contribution in [3.05, 3.63) is 18.0 Å². The third-order valence-corrected chi connectivity index (χ3v) is 3.93. The van der Waals surface area contributed by atoms with Gasteiger partial charge in [-0.1, -0.05) is 20.3 Å². The zero-order chi connectivity index (χ0) is 13.4. The van der Waals surface area contributed by atoms with Gasteiger partial charge in [0.1, 0.15) is 5.41 Å². The van der Waals surface area contributed by atoms with Gasteiger partial charge in [0, 0.05) is 25.1 Å². The molecule has 0 bridgehead atoms. The Balaban J connectivity index is 2.31. The topological polar surface area (TPSA) is 58.7 Å². The quantitative estimate of drug-likeness (QED) is 0.803. The van der Waals surface area contributed by atoms with Gasteiger partial charge in [0.05, 0.1) is 12.3 Å². The molecule has 1 aromatic rings. The molecule has 96 valence electrons. The molecule has 0 spiro atoms. The van der Waals surface area contributed by atoms with Gasteiger partial charge in [0.15, 0.2) is 5.78 Å². The van der Waals surface area contributed by atoms with Gasteiger partial charge in [-0.3, -0.25) is 9.48 Å². The molecule has 1 aliphatic carbocycles. The first kappa shape index (κ1) is 12.8. The van der Waals surface area contributed by atoms with Crippen molar-refractivity contribution >= 4 is 5.78 Å². The maximum Gasteiger partial charge on any atom is 0.158 e. The number of nitrogens with zero attached hydrogens (tertiary/aromatic N) is 3. The van der Waals surface area contributed by atoms with Crippen LogP contribution in [0.1, 0.15) is 38.7 Å². The summed E-state index contributed by atoms with van der Waals surface area (Å²) in [5.41, 5.74) is -0.272. The minimum absolute atomic E-state index is 0.0904. The van der Waals surface area contributed by atoms with Gasteiger partial charge in [-0.05, 0) is 18.4 Å². The molecule has 0 aromatic carbocycles. The van der Waals surface area contributed by atoms with E-state index >= 15 is 0 Å². The summed E-state index contributed by atoms with van der Waals surface area (Å²) in [6.07, 6.45) is 6.59. The van der Waals surface area contributed by atoms with Gasteiger partial charge in [0.2, 0.25) is 0 Å². The van der Waals surface area contributed by atoms with E-state index in [1.807, 2.05) is 27.1 Å². The Labute approximate surface area is 108 Å². The Morgan fingerprint density at radius 3 is 2.78 bits per heavy atom. The first-order valence-electron chi connectivity index (χ1n) is 6.33. The lowest BCUT2D eigenvalue weighted by Crippen LogP contribution is -2.45. The van der Waals surface area contributed by atoms with Gasteiger partial charge >= 0.3 is 0 Å². The Bertz CT molecular complexity index is 509. The molecule has 0 radical (unpaired) electrons. The monoisotopic (exact) mass is 245 g/mol. The minimum atomic E-state index is -0.856. The van der Waals surface area contributed by atoms with Gasteiger partial charge < -0.3 is 0 Å². The van der Waals surface area contributed by atoms with Crippen molar-refractivity contribution in [2.75, 3.05) is 0 Å². The van der Waals surface area contributed by atoms with E-state index in [0.717, 1.165) is 18.4 Å². The molecular formula is C14H19N3O. The van der Waals surface area contributed by atoms with Crippen LogP contribution in [0, 0.1) is 22.2 Å². The predicted molar refractivity (Wildman–Crippen MR) is 67.6 cm³/mol. The standard InChI is InChI=1S/C14H19N3O/c1-13(2)5-4-6-14(10-15,12(13)18)7-11-8-16-17(3)9-11/h8-9H,4-7H2,1-3H3. The number of nitriles is 1. The number of aromatic nitrogens is 2. The second kappa shape index (κ2) is 4.24. The number of Topliss-reactive ketones (excluding diaryl/α,β-unsaturated/α-hetero) is 1. The van der Waals surface area contributed by atoms with E-state index in [4.69, 9.17) is 0 Å². The zero-order valence-electron chi connectivity index (χ0n) is 11.2. The fourth-order valence-corrected chi connectivity index (χ4v) is 2.93. The molecule has 1 unspecified atom stereocenters. The summed E-state index contributed by atoms with van der Waals surface area (Å²) >= 11 is 0. The molecule has 1 atom stereocenters. The van der Waals surface area contributed by atoms with E-state index < -0.39 is 5.41 Å². The largest absolute Gasteiger partial charge is 0.297 e. The van der Waals surface area contributed by atoms with Crippen molar-refractivity contribution in [3.8, 4) is 6.07 Å². The van der Waals surface area contributed by atoms with Crippen LogP contribution in [-0.4, -0.2) is 15.6 Å². The summed E-state index contributed by atoms with van der Waals surface area (Å²) in [6.45, 7) is 3.90. The normalized spacial score (nSPS) is 26.9. The van der Waals surface area contributed by atoms with Crippen LogP contribution in [0.15, 0.2) is 12.4 Å². The molecule has 1 aromatic heterocycles. The summed E-state index contributed by atoms with van der Waals surface area (Å²) in [7, 11) is 1.84. The summed E-state index contributed by atoms with van der Waals surface area (Å²) < 4.78 is 1.71. The molecule has 1 heterocycles. The fraction of sp³-hybridized carbons (Fsp3) is 0.643. The molecule has 1 fully saturated rings. The molecule has 0 aliphatic heterocycles. The number of aryl methyl sites for hydroxylation is 1. The average molecular weight is 245 g/mol. The third kappa shape index (κ3) is 2.05. The van der Waals surface area contributed by atoms with E-state index in [0.29, 0.717) is 12.8 Å². The Hall–Kier alpha value is -1.63. The first-order chi connectivity index (χ1) is 8.39. The number of hydrogen-bond acceptors (Lipinski definition) is 3. The van der Waals surface area contributed by atoms with Crippen molar-refractivity contribution in [2.24, 2.45) is 17.9 Å². The van der Waals surface area contributed by atoms with Crippen LogP contribution in [-0.2, 0) is 18.3 Å². The SMILES string of the molecule is Cn1cc(CC2(C#N)CCCC(C)(C)C2=O)cn1. The van der Waals surface area contributed by atoms with Crippen LogP contribution in [0.25, 0.3) is 0 Å². The lowest BCUT2D eigenvalue weighted by Gasteiger charge is -2.38. The summed E-state index contributed by atoms with van der Waals surface area (Å²) in [4.78, 5) is 12.6.